The zero-order chi connectivity index (χ0) is 17.5. The molecule has 2 atom stereocenters. The van der Waals surface area contributed by atoms with Gasteiger partial charge in [0.15, 0.2) is 5.96 Å². The third-order valence-electron chi connectivity index (χ3n) is 4.68. The molecule has 26 heavy (non-hydrogen) atoms. The lowest BCUT2D eigenvalue weighted by atomic mass is 10.2. The van der Waals surface area contributed by atoms with Gasteiger partial charge in [-0.1, -0.05) is 12.1 Å². The monoisotopic (exact) mass is 487 g/mol. The van der Waals surface area contributed by atoms with Gasteiger partial charge in [0.25, 0.3) is 0 Å². The van der Waals surface area contributed by atoms with Crippen molar-refractivity contribution in [2.75, 3.05) is 19.3 Å². The van der Waals surface area contributed by atoms with Gasteiger partial charge in [-0.2, -0.15) is 11.8 Å². The van der Waals surface area contributed by atoms with Crippen LogP contribution in [-0.2, 0) is 6.42 Å². The van der Waals surface area contributed by atoms with Gasteiger partial charge in [-0.3, -0.25) is 4.99 Å². The lowest BCUT2D eigenvalue weighted by Crippen LogP contribution is -2.42. The first-order chi connectivity index (χ1) is 12.3. The molecule has 0 spiro atoms. The van der Waals surface area contributed by atoms with Crippen LogP contribution in [0.1, 0.15) is 38.4 Å². The number of aliphatic imine (C=N–C) groups is 1. The van der Waals surface area contributed by atoms with Crippen molar-refractivity contribution in [1.82, 2.24) is 20.6 Å². The van der Waals surface area contributed by atoms with E-state index in [1.165, 1.54) is 19.3 Å². The van der Waals surface area contributed by atoms with Crippen LogP contribution < -0.4 is 10.6 Å². The Bertz CT molecular complexity index is 669. The molecule has 2 aromatic rings. The second-order valence-electron chi connectivity index (χ2n) is 6.58. The van der Waals surface area contributed by atoms with Crippen LogP contribution in [0.4, 0.5) is 0 Å². The molecule has 1 saturated carbocycles. The molecule has 0 bridgehead atoms. The molecular formula is C19H30IN5S. The number of halogens is 1. The minimum absolute atomic E-state index is 0. The molecule has 1 aliphatic carbocycles. The molecule has 1 aliphatic rings. The Morgan fingerprint density at radius 2 is 2.19 bits per heavy atom. The Balaban J connectivity index is 0.00000243. The van der Waals surface area contributed by atoms with Gasteiger partial charge in [-0.15, -0.1) is 24.0 Å². The van der Waals surface area contributed by atoms with Gasteiger partial charge < -0.3 is 15.6 Å². The highest BCUT2D eigenvalue weighted by molar-refractivity contribution is 14.0. The maximum Gasteiger partial charge on any atom is 0.191 e. The quantitative estimate of drug-likeness (QED) is 0.240. The van der Waals surface area contributed by atoms with Crippen LogP contribution in [-0.4, -0.2) is 46.6 Å². The van der Waals surface area contributed by atoms with Gasteiger partial charge in [0, 0.05) is 30.8 Å². The number of nitrogens with zero attached hydrogens (tertiary/aromatic N) is 2. The molecular weight excluding hydrogens is 457 g/mol. The summed E-state index contributed by atoms with van der Waals surface area (Å²) in [4.78, 5) is 12.8. The Kier molecular flexibility index (Phi) is 9.04. The molecule has 5 nitrogen and oxygen atoms in total. The van der Waals surface area contributed by atoms with E-state index in [0.717, 1.165) is 54.0 Å². The summed E-state index contributed by atoms with van der Waals surface area (Å²) in [6, 6.07) is 8.74. The summed E-state index contributed by atoms with van der Waals surface area (Å²) in [5.41, 5.74) is 2.15. The number of H-pyrrole nitrogens is 1. The lowest BCUT2D eigenvalue weighted by Gasteiger charge is -2.17. The first-order valence-corrected chi connectivity index (χ1v) is 10.6. The third kappa shape index (κ3) is 6.04. The van der Waals surface area contributed by atoms with Crippen molar-refractivity contribution < 1.29 is 0 Å². The summed E-state index contributed by atoms with van der Waals surface area (Å²) in [7, 11) is 0. The Morgan fingerprint density at radius 1 is 1.35 bits per heavy atom. The van der Waals surface area contributed by atoms with E-state index in [-0.39, 0.29) is 24.0 Å². The highest BCUT2D eigenvalue weighted by atomic mass is 127. The third-order valence-corrected chi connectivity index (χ3v) is 5.78. The van der Waals surface area contributed by atoms with E-state index in [9.17, 15) is 0 Å². The van der Waals surface area contributed by atoms with Gasteiger partial charge in [-0.25, -0.2) is 4.98 Å². The fourth-order valence-corrected chi connectivity index (χ4v) is 4.16. The predicted molar refractivity (Wildman–Crippen MR) is 124 cm³/mol. The summed E-state index contributed by atoms with van der Waals surface area (Å²) < 4.78 is 0. The van der Waals surface area contributed by atoms with E-state index in [1.54, 1.807) is 0 Å². The molecule has 0 amide bonds. The van der Waals surface area contributed by atoms with E-state index >= 15 is 0 Å². The van der Waals surface area contributed by atoms with Crippen LogP contribution in [0.25, 0.3) is 11.0 Å². The highest BCUT2D eigenvalue weighted by Gasteiger charge is 2.24. The molecule has 3 N–H and O–H groups in total. The molecule has 1 aromatic heterocycles. The first kappa shape index (κ1) is 21.3. The van der Waals surface area contributed by atoms with Gasteiger partial charge >= 0.3 is 0 Å². The van der Waals surface area contributed by atoms with Crippen LogP contribution in [0.5, 0.6) is 0 Å². The van der Waals surface area contributed by atoms with E-state index in [0.29, 0.717) is 6.04 Å². The summed E-state index contributed by atoms with van der Waals surface area (Å²) in [5, 5.41) is 7.77. The maximum atomic E-state index is 4.74. The number of hydrogen-bond acceptors (Lipinski definition) is 3. The lowest BCUT2D eigenvalue weighted by molar-refractivity contribution is 0.614. The van der Waals surface area contributed by atoms with E-state index in [2.05, 4.69) is 39.8 Å². The van der Waals surface area contributed by atoms with E-state index in [4.69, 9.17) is 4.99 Å². The number of para-hydroxylation sites is 2. The van der Waals surface area contributed by atoms with Gasteiger partial charge in [0.1, 0.15) is 5.82 Å². The number of fused-ring (bicyclic) bond motifs is 1. The average Bonchev–Trinajstić information content (AvgIpc) is 3.24. The number of imidazole rings is 1. The minimum Gasteiger partial charge on any atom is -0.357 e. The number of thioether (sulfide) groups is 1. The second-order valence-corrected chi connectivity index (χ2v) is 7.71. The van der Waals surface area contributed by atoms with E-state index < -0.39 is 0 Å². The zero-order valence-corrected chi connectivity index (χ0v) is 18.8. The van der Waals surface area contributed by atoms with Crippen LogP contribution in [0.15, 0.2) is 29.3 Å². The Hall–Kier alpha value is -0.960. The van der Waals surface area contributed by atoms with Crippen molar-refractivity contribution in [3.05, 3.63) is 30.1 Å². The number of nitrogens with one attached hydrogen (secondary N) is 3. The van der Waals surface area contributed by atoms with Crippen LogP contribution in [0.2, 0.25) is 0 Å². The van der Waals surface area contributed by atoms with Crippen molar-refractivity contribution in [2.45, 2.75) is 50.3 Å². The average molecular weight is 487 g/mol. The number of rotatable bonds is 7. The standard InChI is InChI=1S/C19H29N5S.HI/c1-3-20-19(22-14-10-11-15(13-14)25-2)21-12-6-9-18-23-16-7-4-5-8-17(16)24-18;/h4-5,7-8,14-15H,3,6,9-13H2,1-2H3,(H,23,24)(H2,20,21,22);1H. The Labute approximate surface area is 177 Å². The molecule has 1 aromatic carbocycles. The van der Waals surface area contributed by atoms with Crippen LogP contribution >= 0.6 is 35.7 Å². The maximum absolute atomic E-state index is 4.74. The zero-order valence-electron chi connectivity index (χ0n) is 15.6. The van der Waals surface area contributed by atoms with E-state index in [1.807, 2.05) is 30.0 Å². The topological polar surface area (TPSA) is 65.1 Å². The number of aromatic nitrogens is 2. The largest absolute Gasteiger partial charge is 0.357 e. The molecule has 0 saturated heterocycles. The molecule has 7 heteroatoms. The van der Waals surface area contributed by atoms with Crippen molar-refractivity contribution in [3.63, 3.8) is 0 Å². The van der Waals surface area contributed by atoms with Crippen LogP contribution in [0, 0.1) is 0 Å². The fourth-order valence-electron chi connectivity index (χ4n) is 3.36. The molecule has 1 heterocycles. The molecule has 0 aliphatic heterocycles. The molecule has 2 unspecified atom stereocenters. The highest BCUT2D eigenvalue weighted by Crippen LogP contribution is 2.28. The summed E-state index contributed by atoms with van der Waals surface area (Å²) in [6.45, 7) is 3.82. The summed E-state index contributed by atoms with van der Waals surface area (Å²) in [6.07, 6.45) is 7.93. The molecule has 1 fully saturated rings. The molecule has 144 valence electrons. The van der Waals surface area contributed by atoms with Crippen molar-refractivity contribution in [3.8, 4) is 0 Å². The molecule has 3 rings (SSSR count). The van der Waals surface area contributed by atoms with Crippen molar-refractivity contribution in [1.29, 1.82) is 0 Å². The number of benzene rings is 1. The van der Waals surface area contributed by atoms with Crippen molar-refractivity contribution in [2.24, 2.45) is 4.99 Å². The number of guanidine groups is 1. The van der Waals surface area contributed by atoms with Crippen LogP contribution in [0.3, 0.4) is 0 Å². The van der Waals surface area contributed by atoms with Gasteiger partial charge in [0.2, 0.25) is 0 Å². The smallest absolute Gasteiger partial charge is 0.191 e. The fraction of sp³-hybridized carbons (Fsp3) is 0.579. The van der Waals surface area contributed by atoms with Crippen molar-refractivity contribution >= 4 is 52.7 Å². The number of aryl methyl sites for hydroxylation is 1. The molecule has 0 radical (unpaired) electrons. The minimum atomic E-state index is 0. The Morgan fingerprint density at radius 3 is 2.92 bits per heavy atom. The summed E-state index contributed by atoms with van der Waals surface area (Å²) in [5.74, 6) is 2.01. The number of aromatic amines is 1. The normalized spacial score (nSPS) is 20.2. The second kappa shape index (κ2) is 11.0. The summed E-state index contributed by atoms with van der Waals surface area (Å²) >= 11 is 1.99. The number of hydrogen-bond donors (Lipinski definition) is 3. The first-order valence-electron chi connectivity index (χ1n) is 9.29. The van der Waals surface area contributed by atoms with Gasteiger partial charge in [-0.05, 0) is 51.0 Å². The SMILES string of the molecule is CCNC(=NCCCc1nc2ccccc2[nH]1)NC1CCC(SC)C1.I. The predicted octanol–water partition coefficient (Wildman–Crippen LogP) is 3.95. The van der Waals surface area contributed by atoms with Gasteiger partial charge in [0.05, 0.1) is 11.0 Å².